The van der Waals surface area contributed by atoms with Crippen LogP contribution in [0.5, 0.6) is 5.75 Å². The van der Waals surface area contributed by atoms with Crippen LogP contribution in [0.25, 0.3) is 0 Å². The van der Waals surface area contributed by atoms with Crippen LogP contribution in [0.1, 0.15) is 26.2 Å². The van der Waals surface area contributed by atoms with E-state index in [9.17, 15) is 19.5 Å². The Hall–Kier alpha value is -2.43. The summed E-state index contributed by atoms with van der Waals surface area (Å²) in [6, 6.07) is 6.16. The van der Waals surface area contributed by atoms with Crippen LogP contribution in [-0.4, -0.2) is 83.8 Å². The quantitative estimate of drug-likeness (QED) is 0.190. The maximum atomic E-state index is 14.3. The molecular weight excluding hydrogens is 532 g/mol. The third-order valence-electron chi connectivity index (χ3n) is 7.35. The van der Waals surface area contributed by atoms with Gasteiger partial charge in [0, 0.05) is 30.2 Å². The molecule has 1 unspecified atom stereocenters. The highest BCUT2D eigenvalue weighted by Crippen LogP contribution is 2.60. The van der Waals surface area contributed by atoms with Crippen molar-refractivity contribution < 1.29 is 33.7 Å². The highest BCUT2D eigenvalue weighted by molar-refractivity contribution is 9.09. The van der Waals surface area contributed by atoms with Crippen molar-refractivity contribution in [1.82, 2.24) is 4.90 Å². The van der Waals surface area contributed by atoms with E-state index in [4.69, 9.17) is 14.2 Å². The van der Waals surface area contributed by atoms with Gasteiger partial charge < -0.3 is 29.1 Å². The highest BCUT2D eigenvalue weighted by Gasteiger charge is 2.77. The Morgan fingerprint density at radius 3 is 2.67 bits per heavy atom. The fourth-order valence-corrected chi connectivity index (χ4v) is 6.86. The summed E-state index contributed by atoms with van der Waals surface area (Å²) in [6.45, 7) is 6.21. The van der Waals surface area contributed by atoms with E-state index in [-0.39, 0.29) is 42.9 Å². The van der Waals surface area contributed by atoms with Crippen molar-refractivity contribution in [2.45, 2.75) is 48.8 Å². The number of likely N-dealkylation sites (tertiary alicyclic amines) is 1. The number of esters is 1. The maximum absolute atomic E-state index is 14.3. The Morgan fingerprint density at radius 1 is 1.33 bits per heavy atom. The summed E-state index contributed by atoms with van der Waals surface area (Å²) in [5.74, 6) is -2.00. The SMILES string of the molecule is C=CCN(C(=O)[C@@H]1N(CCCCO)C(=O)[C@H]2[C@H](C(=O)OCC)[C@H]3O[C@@]12CC3Br)c1ccc(OC)cc1. The van der Waals surface area contributed by atoms with Crippen LogP contribution in [0.3, 0.4) is 0 Å². The average molecular weight is 565 g/mol. The van der Waals surface area contributed by atoms with E-state index >= 15 is 0 Å². The van der Waals surface area contributed by atoms with Gasteiger partial charge >= 0.3 is 5.97 Å². The number of rotatable bonds is 11. The number of methoxy groups -OCH3 is 1. The molecule has 1 aromatic carbocycles. The molecule has 36 heavy (non-hydrogen) atoms. The molecule has 0 aliphatic carbocycles. The molecular formula is C26H33BrN2O7. The van der Waals surface area contributed by atoms with Crippen molar-refractivity contribution in [1.29, 1.82) is 0 Å². The molecule has 6 atom stereocenters. The van der Waals surface area contributed by atoms with Gasteiger partial charge in [-0.2, -0.15) is 0 Å². The van der Waals surface area contributed by atoms with Gasteiger partial charge in [-0.25, -0.2) is 0 Å². The fraction of sp³-hybridized carbons (Fsp3) is 0.577. The monoisotopic (exact) mass is 564 g/mol. The summed E-state index contributed by atoms with van der Waals surface area (Å²) in [6.07, 6.45) is 2.50. The Bertz CT molecular complexity index is 1000. The van der Waals surface area contributed by atoms with Crippen molar-refractivity contribution in [3.05, 3.63) is 36.9 Å². The Balaban J connectivity index is 1.76. The molecule has 10 heteroatoms. The van der Waals surface area contributed by atoms with Gasteiger partial charge in [-0.15, -0.1) is 6.58 Å². The standard InChI is InChI=1S/C26H33BrN2O7/c1-4-12-28(16-8-10-17(34-3)11-9-16)24(32)22-26-15-18(27)21(36-26)19(25(33)35-5-2)20(26)23(31)29(22)13-6-7-14-30/h4,8-11,18-22,30H,1,5-7,12-15H2,2-3H3/t18?,19-,20+,21-,22-,26+/m0/s1. The Kier molecular flexibility index (Phi) is 8.06. The number of halogens is 1. The fourth-order valence-electron chi connectivity index (χ4n) is 5.91. The van der Waals surface area contributed by atoms with Crippen LogP contribution in [-0.2, 0) is 23.9 Å². The van der Waals surface area contributed by atoms with Gasteiger partial charge in [-0.1, -0.05) is 22.0 Å². The van der Waals surface area contributed by atoms with Crippen LogP contribution in [0.2, 0.25) is 0 Å². The summed E-state index contributed by atoms with van der Waals surface area (Å²) in [7, 11) is 1.57. The van der Waals surface area contributed by atoms with Crippen LogP contribution >= 0.6 is 15.9 Å². The Labute approximate surface area is 219 Å². The minimum atomic E-state index is -1.16. The minimum Gasteiger partial charge on any atom is -0.497 e. The van der Waals surface area contributed by atoms with E-state index < -0.39 is 35.6 Å². The lowest BCUT2D eigenvalue weighted by atomic mass is 9.70. The molecule has 1 spiro atoms. The molecule has 0 aromatic heterocycles. The molecule has 4 rings (SSSR count). The molecule has 0 radical (unpaired) electrons. The minimum absolute atomic E-state index is 0.0167. The number of nitrogens with zero attached hydrogens (tertiary/aromatic N) is 2. The van der Waals surface area contributed by atoms with Gasteiger partial charge in [0.1, 0.15) is 17.4 Å². The largest absolute Gasteiger partial charge is 0.497 e. The van der Waals surface area contributed by atoms with Crippen molar-refractivity contribution in [3.63, 3.8) is 0 Å². The second kappa shape index (κ2) is 10.9. The van der Waals surface area contributed by atoms with Gasteiger partial charge in [0.2, 0.25) is 5.91 Å². The molecule has 2 amide bonds. The number of anilines is 1. The average Bonchev–Trinajstić information content (AvgIpc) is 3.46. The number of alkyl halides is 1. The molecule has 9 nitrogen and oxygen atoms in total. The number of aliphatic hydroxyl groups excluding tert-OH is 1. The number of fused-ring (bicyclic) bond motifs is 1. The zero-order valence-corrected chi connectivity index (χ0v) is 22.2. The van der Waals surface area contributed by atoms with Crippen molar-refractivity contribution in [3.8, 4) is 5.75 Å². The third-order valence-corrected chi connectivity index (χ3v) is 8.20. The van der Waals surface area contributed by atoms with Gasteiger partial charge in [-0.3, -0.25) is 14.4 Å². The molecule has 3 heterocycles. The zero-order valence-electron chi connectivity index (χ0n) is 20.6. The molecule has 3 aliphatic heterocycles. The van der Waals surface area contributed by atoms with Crippen molar-refractivity contribution >= 4 is 39.4 Å². The molecule has 3 aliphatic rings. The van der Waals surface area contributed by atoms with Crippen LogP contribution in [0.15, 0.2) is 36.9 Å². The number of amides is 2. The molecule has 196 valence electrons. The second-order valence-corrected chi connectivity index (χ2v) is 10.5. The highest BCUT2D eigenvalue weighted by atomic mass is 79.9. The van der Waals surface area contributed by atoms with Crippen molar-refractivity contribution in [2.75, 3.05) is 38.3 Å². The lowest BCUT2D eigenvalue weighted by Crippen LogP contribution is -2.57. The van der Waals surface area contributed by atoms with Gasteiger partial charge in [-0.05, 0) is 50.5 Å². The van der Waals surface area contributed by atoms with E-state index in [0.717, 1.165) is 0 Å². The second-order valence-electron chi connectivity index (χ2n) is 9.31. The van der Waals surface area contributed by atoms with Crippen molar-refractivity contribution in [2.24, 2.45) is 11.8 Å². The summed E-state index contributed by atoms with van der Waals surface area (Å²) in [5, 5.41) is 9.31. The van der Waals surface area contributed by atoms with E-state index in [0.29, 0.717) is 30.7 Å². The lowest BCUT2D eigenvalue weighted by molar-refractivity contribution is -0.154. The first-order valence-corrected chi connectivity index (χ1v) is 13.2. The number of hydrogen-bond donors (Lipinski definition) is 1. The predicted octanol–water partition coefficient (Wildman–Crippen LogP) is 2.30. The van der Waals surface area contributed by atoms with Gasteiger partial charge in [0.05, 0.1) is 31.7 Å². The summed E-state index contributed by atoms with van der Waals surface area (Å²) in [4.78, 5) is 44.1. The van der Waals surface area contributed by atoms with E-state index in [1.165, 1.54) is 0 Å². The van der Waals surface area contributed by atoms with Crippen LogP contribution in [0.4, 0.5) is 5.69 Å². The smallest absolute Gasteiger partial charge is 0.312 e. The zero-order chi connectivity index (χ0) is 26.0. The van der Waals surface area contributed by atoms with Crippen LogP contribution in [0, 0.1) is 11.8 Å². The number of carbonyl (C=O) groups is 3. The number of hydrogen-bond acceptors (Lipinski definition) is 7. The lowest BCUT2D eigenvalue weighted by Gasteiger charge is -2.37. The molecule has 3 saturated heterocycles. The Morgan fingerprint density at radius 2 is 2.06 bits per heavy atom. The first-order chi connectivity index (χ1) is 17.3. The van der Waals surface area contributed by atoms with E-state index in [2.05, 4.69) is 22.5 Å². The number of carbonyl (C=O) groups excluding carboxylic acids is 3. The molecule has 3 fully saturated rings. The predicted molar refractivity (Wildman–Crippen MR) is 136 cm³/mol. The first-order valence-electron chi connectivity index (χ1n) is 12.3. The third kappa shape index (κ3) is 4.33. The molecule has 2 bridgehead atoms. The van der Waals surface area contributed by atoms with E-state index in [1.807, 2.05) is 0 Å². The molecule has 1 aromatic rings. The van der Waals surface area contributed by atoms with Crippen LogP contribution < -0.4 is 9.64 Å². The summed E-state index contributed by atoms with van der Waals surface area (Å²) < 4.78 is 17.0. The molecule has 0 saturated carbocycles. The number of ether oxygens (including phenoxy) is 3. The normalized spacial score (nSPS) is 30.3. The number of unbranched alkanes of at least 4 members (excludes halogenated alkanes) is 1. The van der Waals surface area contributed by atoms with Gasteiger partial charge in [0.15, 0.2) is 0 Å². The van der Waals surface area contributed by atoms with E-state index in [1.54, 1.807) is 54.2 Å². The topological polar surface area (TPSA) is 106 Å². The molecule has 1 N–H and O–H groups in total. The number of benzene rings is 1. The first kappa shape index (κ1) is 26.6. The van der Waals surface area contributed by atoms with Gasteiger partial charge in [0.25, 0.3) is 5.91 Å². The summed E-state index contributed by atoms with van der Waals surface area (Å²) in [5.41, 5.74) is -0.525. The number of aliphatic hydroxyl groups is 1. The summed E-state index contributed by atoms with van der Waals surface area (Å²) >= 11 is 3.64. The maximum Gasteiger partial charge on any atom is 0.312 e.